The van der Waals surface area contributed by atoms with E-state index in [0.717, 1.165) is 50.0 Å². The van der Waals surface area contributed by atoms with E-state index in [9.17, 15) is 9.59 Å². The van der Waals surface area contributed by atoms with Crippen LogP contribution < -0.4 is 0 Å². The summed E-state index contributed by atoms with van der Waals surface area (Å²) in [6, 6.07) is 10.2. The van der Waals surface area contributed by atoms with E-state index in [1.807, 2.05) is 32.7 Å². The van der Waals surface area contributed by atoms with Gasteiger partial charge in [0.15, 0.2) is 0 Å². The molecule has 4 heterocycles. The molecule has 3 aliphatic rings. The van der Waals surface area contributed by atoms with Crippen LogP contribution in [0.5, 0.6) is 0 Å². The first kappa shape index (κ1) is 20.2. The minimum atomic E-state index is -0.383. The lowest BCUT2D eigenvalue weighted by Crippen LogP contribution is -2.48. The van der Waals surface area contributed by atoms with Gasteiger partial charge in [-0.05, 0) is 49.8 Å². The summed E-state index contributed by atoms with van der Waals surface area (Å²) >= 11 is 0. The number of fused-ring (bicyclic) bond motifs is 2. The smallest absolute Gasteiger partial charge is 0.222 e. The summed E-state index contributed by atoms with van der Waals surface area (Å²) in [5.41, 5.74) is 2.97. The molecule has 2 amide bonds. The normalized spacial score (nSPS) is 20.3. The van der Waals surface area contributed by atoms with Crippen molar-refractivity contribution in [2.45, 2.75) is 50.5 Å². The molecule has 0 saturated carbocycles. The van der Waals surface area contributed by atoms with E-state index in [4.69, 9.17) is 9.84 Å². The van der Waals surface area contributed by atoms with Crippen molar-refractivity contribution in [1.29, 1.82) is 0 Å². The third-order valence-corrected chi connectivity index (χ3v) is 6.91. The molecule has 31 heavy (non-hydrogen) atoms. The van der Waals surface area contributed by atoms with Gasteiger partial charge in [-0.25, -0.2) is 4.68 Å². The Morgan fingerprint density at radius 2 is 1.90 bits per heavy atom. The number of hydrogen-bond donors (Lipinski definition) is 0. The summed E-state index contributed by atoms with van der Waals surface area (Å²) in [7, 11) is 0. The van der Waals surface area contributed by atoms with Crippen LogP contribution in [0.1, 0.15) is 49.8 Å². The molecule has 0 unspecified atom stereocenters. The van der Waals surface area contributed by atoms with Crippen molar-refractivity contribution in [3.05, 3.63) is 47.8 Å². The Morgan fingerprint density at radius 1 is 1.10 bits per heavy atom. The number of rotatable bonds is 5. The van der Waals surface area contributed by atoms with Crippen molar-refractivity contribution in [3.8, 4) is 5.69 Å². The van der Waals surface area contributed by atoms with Crippen LogP contribution in [0, 0.1) is 0 Å². The Morgan fingerprint density at radius 3 is 2.65 bits per heavy atom. The van der Waals surface area contributed by atoms with Gasteiger partial charge in [0.2, 0.25) is 11.8 Å². The fourth-order valence-electron chi connectivity index (χ4n) is 5.13. The standard InChI is InChI=1S/C24H30N4O3/c29-21-8-4-13-26(21)14-5-9-22(30)27-15-11-24(12-16-27)23-19(10-17-31-24)18-28(25-23)20-6-2-1-3-7-20/h1-3,6-7,18H,4-5,8-17H2. The van der Waals surface area contributed by atoms with Crippen LogP contribution in [0.15, 0.2) is 36.5 Å². The number of aromatic nitrogens is 2. The van der Waals surface area contributed by atoms with Crippen molar-refractivity contribution in [3.63, 3.8) is 0 Å². The van der Waals surface area contributed by atoms with Gasteiger partial charge in [-0.15, -0.1) is 0 Å². The fraction of sp³-hybridized carbons (Fsp3) is 0.542. The monoisotopic (exact) mass is 422 g/mol. The highest BCUT2D eigenvalue weighted by atomic mass is 16.5. The topological polar surface area (TPSA) is 67.7 Å². The average Bonchev–Trinajstić information content (AvgIpc) is 3.42. The molecule has 0 radical (unpaired) electrons. The molecule has 1 aromatic heterocycles. The fourth-order valence-corrected chi connectivity index (χ4v) is 5.13. The van der Waals surface area contributed by atoms with Crippen LogP contribution in [-0.4, -0.2) is 64.2 Å². The first-order valence-electron chi connectivity index (χ1n) is 11.5. The van der Waals surface area contributed by atoms with Gasteiger partial charge < -0.3 is 14.5 Å². The van der Waals surface area contributed by atoms with E-state index in [0.29, 0.717) is 39.1 Å². The average molecular weight is 423 g/mol. The van der Waals surface area contributed by atoms with Crippen LogP contribution in [0.4, 0.5) is 0 Å². The first-order chi connectivity index (χ1) is 15.1. The number of piperidine rings is 1. The summed E-state index contributed by atoms with van der Waals surface area (Å²) < 4.78 is 8.27. The molecule has 3 aliphatic heterocycles. The molecule has 1 spiro atoms. The van der Waals surface area contributed by atoms with E-state index < -0.39 is 0 Å². The third kappa shape index (κ3) is 3.99. The second kappa shape index (κ2) is 8.46. The molecule has 1 aromatic carbocycles. The Balaban J connectivity index is 1.21. The highest BCUT2D eigenvalue weighted by Crippen LogP contribution is 2.41. The number of carbonyl (C=O) groups excluding carboxylic acids is 2. The molecular weight excluding hydrogens is 392 g/mol. The van der Waals surface area contributed by atoms with Crippen molar-refractivity contribution in [1.82, 2.24) is 19.6 Å². The maximum absolute atomic E-state index is 12.7. The summed E-state index contributed by atoms with van der Waals surface area (Å²) in [4.78, 5) is 28.3. The minimum Gasteiger partial charge on any atom is -0.368 e. The zero-order valence-corrected chi connectivity index (χ0v) is 18.0. The number of para-hydroxylation sites is 1. The van der Waals surface area contributed by atoms with Crippen molar-refractivity contribution in [2.75, 3.05) is 32.8 Å². The number of likely N-dealkylation sites (tertiary alicyclic amines) is 2. The summed E-state index contributed by atoms with van der Waals surface area (Å²) in [6.45, 7) is 3.63. The molecule has 7 nitrogen and oxygen atoms in total. The summed E-state index contributed by atoms with van der Waals surface area (Å²) in [5, 5.41) is 4.92. The predicted octanol–water partition coefficient (Wildman–Crippen LogP) is 2.67. The number of carbonyl (C=O) groups is 2. The summed E-state index contributed by atoms with van der Waals surface area (Å²) in [6.07, 6.45) is 7.42. The molecule has 0 atom stereocenters. The van der Waals surface area contributed by atoms with Gasteiger partial charge in [-0.2, -0.15) is 5.10 Å². The number of ether oxygens (including phenoxy) is 1. The van der Waals surface area contributed by atoms with Crippen LogP contribution in [0.25, 0.3) is 5.69 Å². The Labute approximate surface area is 183 Å². The molecule has 2 aromatic rings. The van der Waals surface area contributed by atoms with Crippen LogP contribution >= 0.6 is 0 Å². The number of nitrogens with zero attached hydrogens (tertiary/aromatic N) is 4. The maximum atomic E-state index is 12.7. The molecule has 5 rings (SSSR count). The quantitative estimate of drug-likeness (QED) is 0.743. The lowest BCUT2D eigenvalue weighted by atomic mass is 9.83. The van der Waals surface area contributed by atoms with E-state index in [1.165, 1.54) is 5.56 Å². The van der Waals surface area contributed by atoms with Gasteiger partial charge in [0.05, 0.1) is 18.0 Å². The zero-order chi connectivity index (χ0) is 21.3. The molecule has 0 N–H and O–H groups in total. The van der Waals surface area contributed by atoms with Gasteiger partial charge in [0.25, 0.3) is 0 Å². The van der Waals surface area contributed by atoms with E-state index >= 15 is 0 Å². The van der Waals surface area contributed by atoms with Crippen molar-refractivity contribution < 1.29 is 14.3 Å². The Bertz CT molecular complexity index is 947. The van der Waals surface area contributed by atoms with Gasteiger partial charge in [-0.3, -0.25) is 9.59 Å². The lowest BCUT2D eigenvalue weighted by molar-refractivity contribution is -0.141. The zero-order valence-electron chi connectivity index (χ0n) is 18.0. The van der Waals surface area contributed by atoms with E-state index in [-0.39, 0.29) is 17.4 Å². The molecular formula is C24H30N4O3. The maximum Gasteiger partial charge on any atom is 0.222 e. The van der Waals surface area contributed by atoms with Gasteiger partial charge in [0.1, 0.15) is 5.60 Å². The number of hydrogen-bond acceptors (Lipinski definition) is 4. The van der Waals surface area contributed by atoms with Gasteiger partial charge in [-0.1, -0.05) is 18.2 Å². The Hall–Kier alpha value is -2.67. The van der Waals surface area contributed by atoms with Crippen LogP contribution in [0.2, 0.25) is 0 Å². The minimum absolute atomic E-state index is 0.187. The van der Waals surface area contributed by atoms with E-state index in [1.54, 1.807) is 0 Å². The number of amides is 2. The third-order valence-electron chi connectivity index (χ3n) is 6.91. The summed E-state index contributed by atoms with van der Waals surface area (Å²) in [5.74, 6) is 0.417. The van der Waals surface area contributed by atoms with Crippen LogP contribution in [-0.2, 0) is 26.3 Å². The van der Waals surface area contributed by atoms with Crippen LogP contribution in [0.3, 0.4) is 0 Å². The Kier molecular flexibility index (Phi) is 5.52. The largest absolute Gasteiger partial charge is 0.368 e. The van der Waals surface area contributed by atoms with E-state index in [2.05, 4.69) is 18.3 Å². The second-order valence-corrected chi connectivity index (χ2v) is 8.84. The SMILES string of the molecule is O=C1CCCN1CCCC(=O)N1CCC2(CC1)OCCc1cn(-c3ccccc3)nc12. The highest BCUT2D eigenvalue weighted by molar-refractivity contribution is 5.78. The molecule has 7 heteroatoms. The lowest BCUT2D eigenvalue weighted by Gasteiger charge is -2.43. The predicted molar refractivity (Wildman–Crippen MR) is 116 cm³/mol. The van der Waals surface area contributed by atoms with Crippen molar-refractivity contribution in [2.24, 2.45) is 0 Å². The van der Waals surface area contributed by atoms with Gasteiger partial charge in [0, 0.05) is 45.2 Å². The highest BCUT2D eigenvalue weighted by Gasteiger charge is 2.44. The molecule has 2 saturated heterocycles. The second-order valence-electron chi connectivity index (χ2n) is 8.84. The molecule has 164 valence electrons. The molecule has 0 aliphatic carbocycles. The molecule has 0 bridgehead atoms. The van der Waals surface area contributed by atoms with Crippen molar-refractivity contribution >= 4 is 11.8 Å². The van der Waals surface area contributed by atoms with Gasteiger partial charge >= 0.3 is 0 Å². The first-order valence-corrected chi connectivity index (χ1v) is 11.5. The molecule has 2 fully saturated rings. The number of benzene rings is 1.